The van der Waals surface area contributed by atoms with Crippen LogP contribution in [-0.2, 0) is 4.74 Å². The minimum absolute atomic E-state index is 0.264. The molecular weight excluding hydrogens is 118 g/mol. The van der Waals surface area contributed by atoms with Gasteiger partial charge in [-0.25, -0.2) is 10.3 Å². The molecule has 4 nitrogen and oxygen atoms in total. The fraction of sp³-hybridized carbons (Fsp3) is 0.600. The standard InChI is InChI=1S/C5H9N3O/c1-3-9-5(7-2)8-4-6/h3H2,1-2H3,(H,7,8). The molecule has 0 aromatic carbocycles. The zero-order valence-electron chi connectivity index (χ0n) is 5.51. The molecule has 0 aliphatic carbocycles. The molecule has 0 rings (SSSR count). The van der Waals surface area contributed by atoms with Gasteiger partial charge in [-0.1, -0.05) is 0 Å². The molecule has 0 aromatic rings. The Bertz CT molecular complexity index is 136. The Hall–Kier alpha value is -1.24. The molecule has 0 saturated heterocycles. The van der Waals surface area contributed by atoms with Crippen molar-refractivity contribution in [3.63, 3.8) is 0 Å². The molecule has 0 aliphatic heterocycles. The number of rotatable bonds is 1. The number of amidine groups is 1. The lowest BCUT2D eigenvalue weighted by molar-refractivity contribution is 0.315. The molecule has 0 fully saturated rings. The minimum Gasteiger partial charge on any atom is -0.465 e. The van der Waals surface area contributed by atoms with Gasteiger partial charge in [-0.15, -0.1) is 0 Å². The lowest BCUT2D eigenvalue weighted by atomic mass is 10.8. The van der Waals surface area contributed by atoms with Crippen LogP contribution in [0.25, 0.3) is 0 Å². The van der Waals surface area contributed by atoms with Crippen LogP contribution in [0.4, 0.5) is 0 Å². The SMILES string of the molecule is CCOC(=NC)NC#N. The molecule has 0 saturated carbocycles. The summed E-state index contributed by atoms with van der Waals surface area (Å²) in [6, 6.07) is 0.264. The quantitative estimate of drug-likeness (QED) is 0.235. The molecule has 1 N–H and O–H groups in total. The summed E-state index contributed by atoms with van der Waals surface area (Å²) < 4.78 is 4.85. The van der Waals surface area contributed by atoms with Gasteiger partial charge in [-0.2, -0.15) is 5.26 Å². The third-order valence-electron chi connectivity index (χ3n) is 0.647. The fourth-order valence-corrected chi connectivity index (χ4v) is 0.341. The van der Waals surface area contributed by atoms with Crippen molar-refractivity contribution in [3.8, 4) is 6.19 Å². The summed E-state index contributed by atoms with van der Waals surface area (Å²) in [7, 11) is 1.55. The van der Waals surface area contributed by atoms with Crippen LogP contribution in [0.1, 0.15) is 6.92 Å². The average Bonchev–Trinajstić information content (AvgIpc) is 1.88. The highest BCUT2D eigenvalue weighted by molar-refractivity contribution is 5.74. The van der Waals surface area contributed by atoms with E-state index in [4.69, 9.17) is 10.00 Å². The van der Waals surface area contributed by atoms with Gasteiger partial charge in [-0.3, -0.25) is 0 Å². The van der Waals surface area contributed by atoms with Crippen LogP contribution in [0, 0.1) is 11.5 Å². The molecule has 0 unspecified atom stereocenters. The van der Waals surface area contributed by atoms with Crippen molar-refractivity contribution in [3.05, 3.63) is 0 Å². The molecule has 0 atom stereocenters. The summed E-state index contributed by atoms with van der Waals surface area (Å²) in [5.41, 5.74) is 0. The molecular formula is C5H9N3O. The van der Waals surface area contributed by atoms with Crippen molar-refractivity contribution < 1.29 is 4.74 Å². The summed E-state index contributed by atoms with van der Waals surface area (Å²) in [5.74, 6) is 0. The van der Waals surface area contributed by atoms with Crippen molar-refractivity contribution in [1.82, 2.24) is 5.32 Å². The first-order chi connectivity index (χ1) is 4.35. The molecule has 9 heavy (non-hydrogen) atoms. The number of aliphatic imine (C=N–C) groups is 1. The first-order valence-corrected chi connectivity index (χ1v) is 2.59. The van der Waals surface area contributed by atoms with Crippen LogP contribution in [-0.4, -0.2) is 19.7 Å². The van der Waals surface area contributed by atoms with Crippen LogP contribution >= 0.6 is 0 Å². The molecule has 50 valence electrons. The predicted octanol–water partition coefficient (Wildman–Crippen LogP) is 0.0794. The van der Waals surface area contributed by atoms with Crippen LogP contribution in [0.15, 0.2) is 4.99 Å². The lowest BCUT2D eigenvalue weighted by Crippen LogP contribution is -2.20. The van der Waals surface area contributed by atoms with Crippen molar-refractivity contribution in [1.29, 1.82) is 5.26 Å². The number of hydrogen-bond donors (Lipinski definition) is 1. The maximum Gasteiger partial charge on any atom is 0.297 e. The Morgan fingerprint density at radius 1 is 1.89 bits per heavy atom. The van der Waals surface area contributed by atoms with E-state index in [1.165, 1.54) is 0 Å². The second-order valence-electron chi connectivity index (χ2n) is 1.20. The zero-order chi connectivity index (χ0) is 7.11. The van der Waals surface area contributed by atoms with Gasteiger partial charge in [0.15, 0.2) is 6.19 Å². The van der Waals surface area contributed by atoms with E-state index in [1.807, 2.05) is 6.92 Å². The minimum atomic E-state index is 0.264. The first-order valence-electron chi connectivity index (χ1n) is 2.59. The van der Waals surface area contributed by atoms with Crippen molar-refractivity contribution in [2.45, 2.75) is 6.92 Å². The van der Waals surface area contributed by atoms with Crippen LogP contribution in [0.2, 0.25) is 0 Å². The number of nitrogens with zero attached hydrogens (tertiary/aromatic N) is 2. The van der Waals surface area contributed by atoms with E-state index in [0.717, 1.165) is 0 Å². The second kappa shape index (κ2) is 4.91. The van der Waals surface area contributed by atoms with Gasteiger partial charge in [0.25, 0.3) is 6.02 Å². The van der Waals surface area contributed by atoms with E-state index < -0.39 is 0 Å². The van der Waals surface area contributed by atoms with E-state index in [0.29, 0.717) is 6.61 Å². The van der Waals surface area contributed by atoms with E-state index in [-0.39, 0.29) is 6.02 Å². The maximum absolute atomic E-state index is 8.07. The number of hydrogen-bond acceptors (Lipinski definition) is 3. The first kappa shape index (κ1) is 7.76. The highest BCUT2D eigenvalue weighted by Crippen LogP contribution is 1.74. The summed E-state index contributed by atoms with van der Waals surface area (Å²) in [5, 5.41) is 10.3. The predicted molar refractivity (Wildman–Crippen MR) is 33.7 cm³/mol. The topological polar surface area (TPSA) is 57.4 Å². The largest absolute Gasteiger partial charge is 0.465 e. The fourth-order valence-electron chi connectivity index (χ4n) is 0.341. The number of nitrogens with one attached hydrogen (secondary N) is 1. The molecule has 0 radical (unpaired) electrons. The monoisotopic (exact) mass is 127 g/mol. The maximum atomic E-state index is 8.07. The van der Waals surface area contributed by atoms with E-state index in [9.17, 15) is 0 Å². The normalized spacial score (nSPS) is 10.1. The van der Waals surface area contributed by atoms with Gasteiger partial charge >= 0.3 is 0 Å². The van der Waals surface area contributed by atoms with Gasteiger partial charge in [0.2, 0.25) is 0 Å². The highest BCUT2D eigenvalue weighted by atomic mass is 16.5. The molecule has 4 heteroatoms. The van der Waals surface area contributed by atoms with Gasteiger partial charge in [0.1, 0.15) is 0 Å². The third-order valence-corrected chi connectivity index (χ3v) is 0.647. The Morgan fingerprint density at radius 2 is 2.56 bits per heavy atom. The molecule has 0 aromatic heterocycles. The van der Waals surface area contributed by atoms with Crippen LogP contribution in [0.3, 0.4) is 0 Å². The van der Waals surface area contributed by atoms with Crippen molar-refractivity contribution in [2.24, 2.45) is 4.99 Å². The molecule has 0 spiro atoms. The van der Waals surface area contributed by atoms with E-state index in [1.54, 1.807) is 13.2 Å². The summed E-state index contributed by atoms with van der Waals surface area (Å²) >= 11 is 0. The summed E-state index contributed by atoms with van der Waals surface area (Å²) in [4.78, 5) is 3.63. The van der Waals surface area contributed by atoms with E-state index >= 15 is 0 Å². The summed E-state index contributed by atoms with van der Waals surface area (Å²) in [6.07, 6.45) is 1.70. The highest BCUT2D eigenvalue weighted by Gasteiger charge is 1.91. The molecule has 0 bridgehead atoms. The van der Waals surface area contributed by atoms with Crippen molar-refractivity contribution >= 4 is 6.02 Å². The molecule has 0 aliphatic rings. The Balaban J connectivity index is 3.59. The number of nitriles is 1. The Kier molecular flexibility index (Phi) is 4.23. The second-order valence-corrected chi connectivity index (χ2v) is 1.20. The third kappa shape index (κ3) is 3.35. The van der Waals surface area contributed by atoms with Gasteiger partial charge in [0, 0.05) is 7.05 Å². The molecule has 0 heterocycles. The van der Waals surface area contributed by atoms with Crippen LogP contribution in [0.5, 0.6) is 0 Å². The average molecular weight is 127 g/mol. The van der Waals surface area contributed by atoms with E-state index in [2.05, 4.69) is 10.3 Å². The molecule has 0 amide bonds. The van der Waals surface area contributed by atoms with Gasteiger partial charge < -0.3 is 4.74 Å². The lowest BCUT2D eigenvalue weighted by Gasteiger charge is -2.00. The smallest absolute Gasteiger partial charge is 0.297 e. The van der Waals surface area contributed by atoms with Crippen LogP contribution < -0.4 is 5.32 Å². The van der Waals surface area contributed by atoms with Gasteiger partial charge in [-0.05, 0) is 6.92 Å². The Morgan fingerprint density at radius 3 is 2.89 bits per heavy atom. The number of ether oxygens (including phenoxy) is 1. The Labute approximate surface area is 54.2 Å². The van der Waals surface area contributed by atoms with Gasteiger partial charge in [0.05, 0.1) is 6.61 Å². The van der Waals surface area contributed by atoms with Crippen molar-refractivity contribution in [2.75, 3.05) is 13.7 Å². The zero-order valence-corrected chi connectivity index (χ0v) is 5.51. The summed E-state index contributed by atoms with van der Waals surface area (Å²) in [6.45, 7) is 2.34.